The van der Waals surface area contributed by atoms with E-state index in [4.69, 9.17) is 0 Å². The Hall–Kier alpha value is -1.11. The van der Waals surface area contributed by atoms with Crippen molar-refractivity contribution in [2.75, 3.05) is 31.6 Å². The van der Waals surface area contributed by atoms with Gasteiger partial charge in [-0.25, -0.2) is 8.42 Å². The molecule has 0 aliphatic carbocycles. The number of carbonyl (C=O) groups excluding carboxylic acids is 2. The van der Waals surface area contributed by atoms with E-state index in [1.165, 1.54) is 11.9 Å². The van der Waals surface area contributed by atoms with Crippen molar-refractivity contribution in [2.45, 2.75) is 25.3 Å². The number of hydrogen-bond acceptors (Lipinski definition) is 4. The maximum absolute atomic E-state index is 12.0. The number of sulfone groups is 1. The molecule has 0 saturated carbocycles. The van der Waals surface area contributed by atoms with Crippen LogP contribution in [0.5, 0.6) is 0 Å². The molecule has 2 aliphatic rings. The lowest BCUT2D eigenvalue weighted by Crippen LogP contribution is -2.47. The maximum atomic E-state index is 12.0. The summed E-state index contributed by atoms with van der Waals surface area (Å²) in [5.74, 6) is -1.01. The van der Waals surface area contributed by atoms with Crippen molar-refractivity contribution < 1.29 is 18.0 Å². The molecule has 6 nitrogen and oxygen atoms in total. The highest BCUT2D eigenvalue weighted by molar-refractivity contribution is 7.91. The van der Waals surface area contributed by atoms with Gasteiger partial charge in [-0.05, 0) is 19.3 Å². The highest BCUT2D eigenvalue weighted by Gasteiger charge is 2.36. The van der Waals surface area contributed by atoms with Crippen LogP contribution in [-0.4, -0.2) is 67.7 Å². The Labute approximate surface area is 107 Å². The van der Waals surface area contributed by atoms with E-state index in [-0.39, 0.29) is 17.5 Å². The summed E-state index contributed by atoms with van der Waals surface area (Å²) < 4.78 is 22.7. The predicted molar refractivity (Wildman–Crippen MR) is 65.6 cm³/mol. The number of nitrogens with zero attached hydrogens (tertiary/aromatic N) is 2. The molecule has 2 aliphatic heterocycles. The summed E-state index contributed by atoms with van der Waals surface area (Å²) in [4.78, 5) is 26.7. The van der Waals surface area contributed by atoms with Gasteiger partial charge in [0.25, 0.3) is 0 Å². The summed E-state index contributed by atoms with van der Waals surface area (Å²) in [5, 5.41) is 0. The molecule has 1 atom stereocenters. The van der Waals surface area contributed by atoms with Crippen LogP contribution in [0.3, 0.4) is 0 Å². The Bertz CT molecular complexity index is 454. The lowest BCUT2D eigenvalue weighted by atomic mass is 10.2. The minimum absolute atomic E-state index is 0.0253. The van der Waals surface area contributed by atoms with Gasteiger partial charge in [-0.1, -0.05) is 0 Å². The zero-order valence-corrected chi connectivity index (χ0v) is 11.3. The second-order valence-electron chi connectivity index (χ2n) is 4.97. The first kappa shape index (κ1) is 13.3. The van der Waals surface area contributed by atoms with Crippen LogP contribution in [0.1, 0.15) is 19.3 Å². The highest BCUT2D eigenvalue weighted by Crippen LogP contribution is 2.17. The molecule has 0 bridgehead atoms. The molecule has 2 saturated heterocycles. The lowest BCUT2D eigenvalue weighted by Gasteiger charge is -2.25. The van der Waals surface area contributed by atoms with Gasteiger partial charge in [0.15, 0.2) is 9.84 Å². The van der Waals surface area contributed by atoms with Crippen molar-refractivity contribution in [2.24, 2.45) is 0 Å². The predicted octanol–water partition coefficient (Wildman–Crippen LogP) is -0.746. The van der Waals surface area contributed by atoms with Gasteiger partial charge < -0.3 is 9.80 Å². The van der Waals surface area contributed by atoms with E-state index in [0.717, 1.165) is 12.8 Å². The molecule has 0 radical (unpaired) electrons. The van der Waals surface area contributed by atoms with Crippen molar-refractivity contribution in [3.8, 4) is 0 Å². The third kappa shape index (κ3) is 2.66. The van der Waals surface area contributed by atoms with Crippen molar-refractivity contribution in [1.82, 2.24) is 9.80 Å². The van der Waals surface area contributed by atoms with Crippen LogP contribution < -0.4 is 0 Å². The fraction of sp³-hybridized carbons (Fsp3) is 0.818. The SMILES string of the molecule is CN(C(=O)C(=O)N1CCCC1)C1CCS(=O)(=O)C1. The van der Waals surface area contributed by atoms with Gasteiger partial charge in [0.05, 0.1) is 11.5 Å². The second-order valence-corrected chi connectivity index (χ2v) is 7.20. The number of likely N-dealkylation sites (N-methyl/N-ethyl adjacent to an activating group) is 1. The normalized spacial score (nSPS) is 26.3. The molecular formula is C11H18N2O4S. The van der Waals surface area contributed by atoms with Gasteiger partial charge >= 0.3 is 11.8 Å². The molecule has 0 aromatic carbocycles. The van der Waals surface area contributed by atoms with Crippen LogP contribution in [0.4, 0.5) is 0 Å². The summed E-state index contributed by atoms with van der Waals surface area (Å²) in [7, 11) is -1.52. The van der Waals surface area contributed by atoms with Crippen molar-refractivity contribution in [1.29, 1.82) is 0 Å². The molecule has 0 N–H and O–H groups in total. The number of carbonyl (C=O) groups is 2. The Morgan fingerprint density at radius 2 is 1.83 bits per heavy atom. The summed E-state index contributed by atoms with van der Waals surface area (Å²) in [5.41, 5.74) is 0. The Kier molecular flexibility index (Phi) is 3.61. The van der Waals surface area contributed by atoms with Crippen LogP contribution in [0.25, 0.3) is 0 Å². The minimum Gasteiger partial charge on any atom is -0.334 e. The minimum atomic E-state index is -3.04. The first-order chi connectivity index (χ1) is 8.41. The van der Waals surface area contributed by atoms with E-state index >= 15 is 0 Å². The molecule has 102 valence electrons. The van der Waals surface area contributed by atoms with Crippen molar-refractivity contribution >= 4 is 21.7 Å². The summed E-state index contributed by atoms with van der Waals surface area (Å²) in [6.07, 6.45) is 2.29. The third-order valence-electron chi connectivity index (χ3n) is 3.65. The van der Waals surface area contributed by atoms with Gasteiger partial charge in [-0.15, -0.1) is 0 Å². The molecule has 18 heavy (non-hydrogen) atoms. The molecule has 2 heterocycles. The third-order valence-corrected chi connectivity index (χ3v) is 5.40. The second kappa shape index (κ2) is 4.87. The van der Waals surface area contributed by atoms with Gasteiger partial charge in [-0.3, -0.25) is 9.59 Å². The molecular weight excluding hydrogens is 256 g/mol. The average Bonchev–Trinajstić information content (AvgIpc) is 2.95. The Morgan fingerprint density at radius 3 is 2.33 bits per heavy atom. The van der Waals surface area contributed by atoms with Gasteiger partial charge in [0.1, 0.15) is 0 Å². The number of hydrogen-bond donors (Lipinski definition) is 0. The highest BCUT2D eigenvalue weighted by atomic mass is 32.2. The average molecular weight is 274 g/mol. The Morgan fingerprint density at radius 1 is 1.22 bits per heavy atom. The van der Waals surface area contributed by atoms with Crippen molar-refractivity contribution in [3.63, 3.8) is 0 Å². The zero-order chi connectivity index (χ0) is 13.3. The van der Waals surface area contributed by atoms with Gasteiger partial charge in [0.2, 0.25) is 0 Å². The topological polar surface area (TPSA) is 74.8 Å². The molecule has 0 aromatic rings. The largest absolute Gasteiger partial charge is 0.334 e. The quantitative estimate of drug-likeness (QED) is 0.590. The monoisotopic (exact) mass is 274 g/mol. The fourth-order valence-corrected chi connectivity index (χ4v) is 4.23. The summed E-state index contributed by atoms with van der Waals surface area (Å²) in [6, 6.07) is -0.353. The first-order valence-corrected chi connectivity index (χ1v) is 7.99. The molecule has 0 aromatic heterocycles. The van der Waals surface area contributed by atoms with E-state index < -0.39 is 21.7 Å². The molecule has 7 heteroatoms. The summed E-state index contributed by atoms with van der Waals surface area (Å²) >= 11 is 0. The van der Waals surface area contributed by atoms with Gasteiger partial charge in [0, 0.05) is 26.2 Å². The van der Waals surface area contributed by atoms with Gasteiger partial charge in [-0.2, -0.15) is 0 Å². The van der Waals surface area contributed by atoms with E-state index in [1.807, 2.05) is 0 Å². The fourth-order valence-electron chi connectivity index (χ4n) is 2.45. The number of likely N-dealkylation sites (tertiary alicyclic amines) is 1. The molecule has 0 spiro atoms. The molecule has 2 amide bonds. The molecule has 2 fully saturated rings. The standard InChI is InChI=1S/C11H18N2O4S/c1-12(9-4-7-18(16,17)8-9)10(14)11(15)13-5-2-3-6-13/h9H,2-8H2,1H3. The molecule has 2 rings (SSSR count). The number of rotatable bonds is 1. The van der Waals surface area contributed by atoms with Crippen LogP contribution in [0.15, 0.2) is 0 Å². The molecule has 1 unspecified atom stereocenters. The van der Waals surface area contributed by atoms with Crippen LogP contribution in [-0.2, 0) is 19.4 Å². The van der Waals surface area contributed by atoms with Crippen molar-refractivity contribution in [3.05, 3.63) is 0 Å². The van der Waals surface area contributed by atoms with Crippen LogP contribution in [0.2, 0.25) is 0 Å². The maximum Gasteiger partial charge on any atom is 0.312 e. The van der Waals surface area contributed by atoms with E-state index in [9.17, 15) is 18.0 Å². The lowest BCUT2D eigenvalue weighted by molar-refractivity contribution is -0.151. The zero-order valence-electron chi connectivity index (χ0n) is 10.5. The first-order valence-electron chi connectivity index (χ1n) is 6.17. The smallest absolute Gasteiger partial charge is 0.312 e. The van der Waals surface area contributed by atoms with E-state index in [2.05, 4.69) is 0 Å². The van der Waals surface area contributed by atoms with E-state index in [0.29, 0.717) is 19.5 Å². The van der Waals surface area contributed by atoms with Crippen LogP contribution >= 0.6 is 0 Å². The Balaban J connectivity index is 1.98. The summed E-state index contributed by atoms with van der Waals surface area (Å²) in [6.45, 7) is 1.25. The van der Waals surface area contributed by atoms with E-state index in [1.54, 1.807) is 4.90 Å². The number of amides is 2. The van der Waals surface area contributed by atoms with Crippen LogP contribution in [0, 0.1) is 0 Å².